The van der Waals surface area contributed by atoms with Gasteiger partial charge in [0, 0.05) is 24.2 Å². The van der Waals surface area contributed by atoms with E-state index >= 15 is 0 Å². The number of hydrogen-bond acceptors (Lipinski definition) is 5. The summed E-state index contributed by atoms with van der Waals surface area (Å²) in [5.74, 6) is 0.314. The van der Waals surface area contributed by atoms with Crippen molar-refractivity contribution in [1.29, 1.82) is 0 Å². The number of non-ortho nitro benzene ring substituents is 1. The highest BCUT2D eigenvalue weighted by Gasteiger charge is 2.11. The Labute approximate surface area is 139 Å². The van der Waals surface area contributed by atoms with Crippen LogP contribution in [0.5, 0.6) is 11.5 Å². The Morgan fingerprint density at radius 2 is 1.96 bits per heavy atom. The Morgan fingerprint density at radius 3 is 2.62 bits per heavy atom. The van der Waals surface area contributed by atoms with Gasteiger partial charge in [0.05, 0.1) is 18.0 Å². The van der Waals surface area contributed by atoms with Crippen molar-refractivity contribution in [3.8, 4) is 11.5 Å². The number of phenolic OH excluding ortho intramolecular Hbond substituents is 1. The van der Waals surface area contributed by atoms with Gasteiger partial charge in [0.15, 0.2) is 0 Å². The zero-order chi connectivity index (χ0) is 17.5. The van der Waals surface area contributed by atoms with Crippen molar-refractivity contribution >= 4 is 11.6 Å². The van der Waals surface area contributed by atoms with Gasteiger partial charge in [0.2, 0.25) is 5.91 Å². The zero-order valence-electron chi connectivity index (χ0n) is 13.2. The predicted octanol–water partition coefficient (Wildman–Crippen LogP) is 2.69. The number of amides is 1. The van der Waals surface area contributed by atoms with E-state index < -0.39 is 4.92 Å². The number of nitro benzene ring substituents is 1. The molecule has 0 aliphatic rings. The van der Waals surface area contributed by atoms with Crippen LogP contribution in [0.2, 0.25) is 0 Å². The molecular weight excluding hydrogens is 312 g/mol. The third-order valence-electron chi connectivity index (χ3n) is 3.37. The topological polar surface area (TPSA) is 102 Å². The van der Waals surface area contributed by atoms with E-state index in [2.05, 4.69) is 5.32 Å². The smallest absolute Gasteiger partial charge is 0.270 e. The lowest BCUT2D eigenvalue weighted by Crippen LogP contribution is -2.24. The fraction of sp³-hybridized carbons (Fsp3) is 0.235. The lowest BCUT2D eigenvalue weighted by Gasteiger charge is -2.08. The summed E-state index contributed by atoms with van der Waals surface area (Å²) in [5, 5.41) is 23.0. The van der Waals surface area contributed by atoms with Gasteiger partial charge in [-0.1, -0.05) is 17.7 Å². The van der Waals surface area contributed by atoms with Crippen LogP contribution in [0, 0.1) is 17.0 Å². The number of benzene rings is 2. The second kappa shape index (κ2) is 7.96. The quantitative estimate of drug-likeness (QED) is 0.600. The maximum absolute atomic E-state index is 11.8. The Morgan fingerprint density at radius 1 is 1.25 bits per heavy atom. The van der Waals surface area contributed by atoms with Crippen molar-refractivity contribution in [1.82, 2.24) is 5.32 Å². The molecule has 7 heteroatoms. The Kier molecular flexibility index (Phi) is 5.73. The third-order valence-corrected chi connectivity index (χ3v) is 3.37. The van der Waals surface area contributed by atoms with E-state index in [4.69, 9.17) is 4.74 Å². The normalized spacial score (nSPS) is 10.2. The number of rotatable bonds is 7. The summed E-state index contributed by atoms with van der Waals surface area (Å²) in [7, 11) is 0. The maximum atomic E-state index is 11.8. The number of carbonyl (C=O) groups is 1. The zero-order valence-corrected chi connectivity index (χ0v) is 13.2. The van der Waals surface area contributed by atoms with Gasteiger partial charge < -0.3 is 15.2 Å². The maximum Gasteiger partial charge on any atom is 0.270 e. The van der Waals surface area contributed by atoms with E-state index in [1.807, 2.05) is 31.2 Å². The van der Waals surface area contributed by atoms with Crippen LogP contribution >= 0.6 is 0 Å². The first-order valence-electron chi connectivity index (χ1n) is 7.38. The van der Waals surface area contributed by atoms with Gasteiger partial charge in [-0.2, -0.15) is 0 Å². The first-order chi connectivity index (χ1) is 11.5. The van der Waals surface area contributed by atoms with Gasteiger partial charge in [-0.15, -0.1) is 0 Å². The van der Waals surface area contributed by atoms with Gasteiger partial charge in [-0.25, -0.2) is 0 Å². The molecule has 0 radical (unpaired) electrons. The number of hydrogen-bond donors (Lipinski definition) is 2. The number of nitro groups is 1. The minimum Gasteiger partial charge on any atom is -0.508 e. The summed E-state index contributed by atoms with van der Waals surface area (Å²) in [6.07, 6.45) is 0.142. The molecule has 2 aromatic carbocycles. The molecule has 0 aliphatic carbocycles. The van der Waals surface area contributed by atoms with Crippen molar-refractivity contribution in [3.05, 3.63) is 63.7 Å². The minimum absolute atomic E-state index is 0.0108. The summed E-state index contributed by atoms with van der Waals surface area (Å²) in [6.45, 7) is 2.20. The number of aryl methyl sites for hydroxylation is 1. The van der Waals surface area contributed by atoms with Crippen molar-refractivity contribution < 1.29 is 19.6 Å². The van der Waals surface area contributed by atoms with Crippen LogP contribution in [-0.4, -0.2) is 22.5 Å². The van der Waals surface area contributed by atoms with Crippen LogP contribution in [-0.2, 0) is 11.3 Å². The molecule has 0 heterocycles. The Balaban J connectivity index is 1.80. The molecule has 2 aromatic rings. The predicted molar refractivity (Wildman–Crippen MR) is 87.9 cm³/mol. The summed E-state index contributed by atoms with van der Waals surface area (Å²) in [5.41, 5.74) is 1.27. The first kappa shape index (κ1) is 17.3. The SMILES string of the molecule is Cc1ccc(OCCC(=O)NCc2cc([N+](=O)[O-])ccc2O)cc1. The molecule has 7 nitrogen and oxygen atoms in total. The molecule has 0 aromatic heterocycles. The molecule has 0 bridgehead atoms. The van der Waals surface area contributed by atoms with Crippen LogP contribution < -0.4 is 10.1 Å². The van der Waals surface area contributed by atoms with Crippen LogP contribution in [0.1, 0.15) is 17.5 Å². The summed E-state index contributed by atoms with van der Waals surface area (Å²) in [6, 6.07) is 11.2. The fourth-order valence-electron chi connectivity index (χ4n) is 2.01. The van der Waals surface area contributed by atoms with Crippen molar-refractivity contribution in [2.45, 2.75) is 19.9 Å². The van der Waals surface area contributed by atoms with Crippen LogP contribution in [0.4, 0.5) is 5.69 Å². The van der Waals surface area contributed by atoms with E-state index in [0.717, 1.165) is 5.56 Å². The van der Waals surface area contributed by atoms with Gasteiger partial charge in [-0.3, -0.25) is 14.9 Å². The van der Waals surface area contributed by atoms with E-state index in [1.165, 1.54) is 18.2 Å². The molecule has 0 spiro atoms. The van der Waals surface area contributed by atoms with Crippen molar-refractivity contribution in [2.24, 2.45) is 0 Å². The number of nitrogens with one attached hydrogen (secondary N) is 1. The highest BCUT2D eigenvalue weighted by atomic mass is 16.6. The lowest BCUT2D eigenvalue weighted by molar-refractivity contribution is -0.384. The molecular formula is C17H18N2O5. The van der Waals surface area contributed by atoms with Gasteiger partial charge in [-0.05, 0) is 25.1 Å². The summed E-state index contributed by atoms with van der Waals surface area (Å²) >= 11 is 0. The minimum atomic E-state index is -0.555. The number of ether oxygens (including phenoxy) is 1. The Bertz CT molecular complexity index is 728. The average Bonchev–Trinajstić information content (AvgIpc) is 2.55. The fourth-order valence-corrected chi connectivity index (χ4v) is 2.01. The van der Waals surface area contributed by atoms with E-state index in [1.54, 1.807) is 0 Å². The second-order valence-corrected chi connectivity index (χ2v) is 5.26. The molecule has 126 valence electrons. The molecule has 2 N–H and O–H groups in total. The number of phenols is 1. The van der Waals surface area contributed by atoms with Crippen LogP contribution in [0.15, 0.2) is 42.5 Å². The highest BCUT2D eigenvalue weighted by molar-refractivity contribution is 5.76. The Hall–Kier alpha value is -3.09. The number of nitrogens with zero attached hydrogens (tertiary/aromatic N) is 1. The summed E-state index contributed by atoms with van der Waals surface area (Å²) in [4.78, 5) is 21.9. The van der Waals surface area contributed by atoms with Crippen molar-refractivity contribution in [3.63, 3.8) is 0 Å². The number of carbonyl (C=O) groups excluding carboxylic acids is 1. The van der Waals surface area contributed by atoms with E-state index in [-0.39, 0.29) is 42.5 Å². The van der Waals surface area contributed by atoms with Gasteiger partial charge >= 0.3 is 0 Å². The second-order valence-electron chi connectivity index (χ2n) is 5.26. The molecule has 0 unspecified atom stereocenters. The van der Waals surface area contributed by atoms with Crippen molar-refractivity contribution in [2.75, 3.05) is 6.61 Å². The molecule has 2 rings (SSSR count). The van der Waals surface area contributed by atoms with E-state index in [9.17, 15) is 20.0 Å². The molecule has 0 atom stereocenters. The molecule has 24 heavy (non-hydrogen) atoms. The largest absolute Gasteiger partial charge is 0.508 e. The van der Waals surface area contributed by atoms with E-state index in [0.29, 0.717) is 5.75 Å². The third kappa shape index (κ3) is 4.98. The monoisotopic (exact) mass is 330 g/mol. The molecule has 0 saturated heterocycles. The summed E-state index contributed by atoms with van der Waals surface area (Å²) < 4.78 is 5.46. The van der Waals surface area contributed by atoms with Crippen LogP contribution in [0.3, 0.4) is 0 Å². The molecule has 0 saturated carbocycles. The lowest BCUT2D eigenvalue weighted by atomic mass is 10.1. The molecule has 0 fully saturated rings. The highest BCUT2D eigenvalue weighted by Crippen LogP contribution is 2.22. The first-order valence-corrected chi connectivity index (χ1v) is 7.38. The van der Waals surface area contributed by atoms with Gasteiger partial charge in [0.1, 0.15) is 11.5 Å². The van der Waals surface area contributed by atoms with Gasteiger partial charge in [0.25, 0.3) is 5.69 Å². The molecule has 0 aliphatic heterocycles. The van der Waals surface area contributed by atoms with Crippen LogP contribution in [0.25, 0.3) is 0 Å². The average molecular weight is 330 g/mol. The molecule has 1 amide bonds. The standard InChI is InChI=1S/C17H18N2O5/c1-12-2-5-15(6-3-12)24-9-8-17(21)18-11-13-10-14(19(22)23)4-7-16(13)20/h2-7,10,20H,8-9,11H2,1H3,(H,18,21). The number of aromatic hydroxyl groups is 1.